The van der Waals surface area contributed by atoms with Gasteiger partial charge < -0.3 is 5.73 Å². The first-order valence-corrected chi connectivity index (χ1v) is 9.21. The van der Waals surface area contributed by atoms with Gasteiger partial charge in [0.15, 0.2) is 0 Å². The molecule has 1 aromatic heterocycles. The molecule has 0 bridgehead atoms. The normalized spacial score (nSPS) is 17.0. The van der Waals surface area contributed by atoms with E-state index >= 15 is 0 Å². The minimum Gasteiger partial charge on any atom is -0.366 e. The van der Waals surface area contributed by atoms with Crippen LogP contribution in [-0.4, -0.2) is 15.7 Å². The largest absolute Gasteiger partial charge is 0.366 e. The molecule has 132 valence electrons. The standard InChI is InChI=1S/C21H20FN3O/c22-14-8-9-16(21(23)26)18(10-14)19-17-3-1-2-15(13-6-7-13)20(17)25(24-19)11-12-4-5-12/h1-3,8-10,12-13H,4-7,11H2,(H2,23,26). The second-order valence-corrected chi connectivity index (χ2v) is 7.55. The van der Waals surface area contributed by atoms with E-state index in [9.17, 15) is 9.18 Å². The van der Waals surface area contributed by atoms with Crippen molar-refractivity contribution in [3.8, 4) is 11.3 Å². The number of amides is 1. The van der Waals surface area contributed by atoms with Crippen LogP contribution in [0, 0.1) is 11.7 Å². The molecule has 26 heavy (non-hydrogen) atoms. The lowest BCUT2D eigenvalue weighted by molar-refractivity contribution is 0.100. The number of hydrogen-bond acceptors (Lipinski definition) is 2. The minimum absolute atomic E-state index is 0.307. The van der Waals surface area contributed by atoms with Gasteiger partial charge in [-0.2, -0.15) is 5.10 Å². The summed E-state index contributed by atoms with van der Waals surface area (Å²) >= 11 is 0. The molecule has 0 spiro atoms. The van der Waals surface area contributed by atoms with Gasteiger partial charge in [0.2, 0.25) is 5.91 Å². The number of fused-ring (bicyclic) bond motifs is 1. The van der Waals surface area contributed by atoms with Gasteiger partial charge in [0.1, 0.15) is 11.5 Å². The van der Waals surface area contributed by atoms with Gasteiger partial charge in [0.05, 0.1) is 5.52 Å². The maximum atomic E-state index is 14.0. The number of rotatable bonds is 5. The molecule has 1 amide bonds. The number of carbonyl (C=O) groups is 1. The highest BCUT2D eigenvalue weighted by atomic mass is 19.1. The molecule has 2 aliphatic carbocycles. The van der Waals surface area contributed by atoms with Crippen molar-refractivity contribution in [1.82, 2.24) is 9.78 Å². The molecule has 2 aromatic carbocycles. The molecular weight excluding hydrogens is 329 g/mol. The zero-order valence-electron chi connectivity index (χ0n) is 14.4. The summed E-state index contributed by atoms with van der Waals surface area (Å²) in [6, 6.07) is 10.3. The first-order chi connectivity index (χ1) is 12.6. The predicted octanol–water partition coefficient (Wildman–Crippen LogP) is 4.23. The van der Waals surface area contributed by atoms with E-state index in [-0.39, 0.29) is 0 Å². The monoisotopic (exact) mass is 349 g/mol. The predicted molar refractivity (Wildman–Crippen MR) is 98.3 cm³/mol. The van der Waals surface area contributed by atoms with Crippen LogP contribution in [0.2, 0.25) is 0 Å². The third-order valence-electron chi connectivity index (χ3n) is 5.45. The van der Waals surface area contributed by atoms with Crippen molar-refractivity contribution in [2.24, 2.45) is 11.7 Å². The van der Waals surface area contributed by atoms with E-state index in [4.69, 9.17) is 10.8 Å². The summed E-state index contributed by atoms with van der Waals surface area (Å²) < 4.78 is 16.0. The van der Waals surface area contributed by atoms with Crippen LogP contribution in [0.3, 0.4) is 0 Å². The Morgan fingerprint density at radius 3 is 2.69 bits per heavy atom. The Morgan fingerprint density at radius 2 is 2.00 bits per heavy atom. The summed E-state index contributed by atoms with van der Waals surface area (Å²) in [6.45, 7) is 0.876. The first kappa shape index (κ1) is 15.6. The van der Waals surface area contributed by atoms with Gasteiger partial charge in [0, 0.05) is 23.1 Å². The average molecular weight is 349 g/mol. The first-order valence-electron chi connectivity index (χ1n) is 9.21. The molecule has 5 rings (SSSR count). The van der Waals surface area contributed by atoms with E-state index in [2.05, 4.69) is 10.7 Å². The van der Waals surface area contributed by atoms with Crippen molar-refractivity contribution in [3.05, 3.63) is 53.3 Å². The Morgan fingerprint density at radius 1 is 1.19 bits per heavy atom. The van der Waals surface area contributed by atoms with Crippen LogP contribution in [0.5, 0.6) is 0 Å². The molecule has 5 heteroatoms. The number of halogens is 1. The van der Waals surface area contributed by atoms with Crippen LogP contribution in [0.15, 0.2) is 36.4 Å². The summed E-state index contributed by atoms with van der Waals surface area (Å²) in [5.74, 6) is 0.294. The van der Waals surface area contributed by atoms with E-state index in [1.165, 1.54) is 49.4 Å². The lowest BCUT2D eigenvalue weighted by Crippen LogP contribution is -2.12. The second kappa shape index (κ2) is 5.66. The number of benzene rings is 2. The zero-order chi connectivity index (χ0) is 17.8. The molecule has 2 fully saturated rings. The third kappa shape index (κ3) is 2.59. The Kier molecular flexibility index (Phi) is 3.39. The van der Waals surface area contributed by atoms with Crippen LogP contribution >= 0.6 is 0 Å². The fraction of sp³-hybridized carbons (Fsp3) is 0.333. The Bertz CT molecular complexity index is 1030. The Hall–Kier alpha value is -2.69. The van der Waals surface area contributed by atoms with Crippen LogP contribution in [0.25, 0.3) is 22.2 Å². The fourth-order valence-corrected chi connectivity index (χ4v) is 3.79. The Balaban J connectivity index is 1.77. The number of nitrogens with two attached hydrogens (primary N) is 1. The molecule has 4 nitrogen and oxygen atoms in total. The lowest BCUT2D eigenvalue weighted by Gasteiger charge is -2.06. The summed E-state index contributed by atoms with van der Waals surface area (Å²) in [7, 11) is 0. The highest BCUT2D eigenvalue weighted by Gasteiger charge is 2.30. The number of carbonyl (C=O) groups excluding carboxylic acids is 1. The van der Waals surface area contributed by atoms with Crippen LogP contribution in [0.4, 0.5) is 4.39 Å². The molecule has 0 radical (unpaired) electrons. The fourth-order valence-electron chi connectivity index (χ4n) is 3.79. The number of hydrogen-bond donors (Lipinski definition) is 1. The van der Waals surface area contributed by atoms with Crippen LogP contribution in [0.1, 0.15) is 47.5 Å². The van der Waals surface area contributed by atoms with Crippen molar-refractivity contribution >= 4 is 16.8 Å². The molecule has 2 N–H and O–H groups in total. The van der Waals surface area contributed by atoms with E-state index < -0.39 is 11.7 Å². The smallest absolute Gasteiger partial charge is 0.249 e. The van der Waals surface area contributed by atoms with Gasteiger partial charge in [-0.15, -0.1) is 0 Å². The molecule has 1 heterocycles. The van der Waals surface area contributed by atoms with Gasteiger partial charge in [0.25, 0.3) is 0 Å². The summed E-state index contributed by atoms with van der Waals surface area (Å²) in [5.41, 5.74) is 9.42. The lowest BCUT2D eigenvalue weighted by atomic mass is 9.99. The summed E-state index contributed by atoms with van der Waals surface area (Å²) in [6.07, 6.45) is 4.87. The maximum Gasteiger partial charge on any atom is 0.249 e. The van der Waals surface area contributed by atoms with E-state index in [0.29, 0.717) is 28.7 Å². The van der Waals surface area contributed by atoms with Crippen LogP contribution in [-0.2, 0) is 6.54 Å². The number of nitrogens with zero attached hydrogens (tertiary/aromatic N) is 2. The van der Waals surface area contributed by atoms with Crippen molar-refractivity contribution < 1.29 is 9.18 Å². The van der Waals surface area contributed by atoms with E-state index in [0.717, 1.165) is 17.4 Å². The molecule has 2 aliphatic rings. The number of aromatic nitrogens is 2. The highest BCUT2D eigenvalue weighted by molar-refractivity contribution is 6.04. The van der Waals surface area contributed by atoms with Crippen molar-refractivity contribution in [2.45, 2.75) is 38.1 Å². The molecule has 3 aromatic rings. The van der Waals surface area contributed by atoms with Gasteiger partial charge >= 0.3 is 0 Å². The maximum absolute atomic E-state index is 14.0. The second-order valence-electron chi connectivity index (χ2n) is 7.55. The highest BCUT2D eigenvalue weighted by Crippen LogP contribution is 2.45. The molecule has 0 atom stereocenters. The average Bonchev–Trinajstić information content (AvgIpc) is 3.52. The molecular formula is C21H20FN3O. The van der Waals surface area contributed by atoms with Crippen molar-refractivity contribution in [2.75, 3.05) is 0 Å². The van der Waals surface area contributed by atoms with Gasteiger partial charge in [-0.3, -0.25) is 9.48 Å². The number of para-hydroxylation sites is 1. The van der Waals surface area contributed by atoms with Gasteiger partial charge in [-0.05, 0) is 61.3 Å². The molecule has 0 aliphatic heterocycles. The number of primary amides is 1. The van der Waals surface area contributed by atoms with E-state index in [1.807, 2.05) is 12.1 Å². The molecule has 2 saturated carbocycles. The third-order valence-corrected chi connectivity index (χ3v) is 5.45. The molecule has 0 unspecified atom stereocenters. The van der Waals surface area contributed by atoms with E-state index in [1.54, 1.807) is 0 Å². The van der Waals surface area contributed by atoms with Gasteiger partial charge in [-0.25, -0.2) is 4.39 Å². The molecule has 0 saturated heterocycles. The van der Waals surface area contributed by atoms with Crippen molar-refractivity contribution in [1.29, 1.82) is 0 Å². The topological polar surface area (TPSA) is 60.9 Å². The van der Waals surface area contributed by atoms with Gasteiger partial charge in [-0.1, -0.05) is 18.2 Å². The zero-order valence-corrected chi connectivity index (χ0v) is 14.4. The van der Waals surface area contributed by atoms with Crippen LogP contribution < -0.4 is 5.73 Å². The Labute approximate surface area is 150 Å². The summed E-state index contributed by atoms with van der Waals surface area (Å²) in [5, 5.41) is 5.81. The minimum atomic E-state index is -0.566. The van der Waals surface area contributed by atoms with Crippen molar-refractivity contribution in [3.63, 3.8) is 0 Å². The quantitative estimate of drug-likeness (QED) is 0.749. The summed E-state index contributed by atoms with van der Waals surface area (Å²) in [4.78, 5) is 11.9. The SMILES string of the molecule is NC(=O)c1ccc(F)cc1-c1nn(CC2CC2)c2c(C3CC3)cccc12.